The minimum atomic E-state index is 0.132. The molecule has 0 saturated carbocycles. The number of benzene rings is 6. The van der Waals surface area contributed by atoms with Crippen LogP contribution in [0.15, 0.2) is 146 Å². The molecule has 0 amide bonds. The second kappa shape index (κ2) is 11.5. The first-order valence-corrected chi connectivity index (χ1v) is 16.6. The number of para-hydroxylation sites is 4. The van der Waals surface area contributed by atoms with Crippen LogP contribution in [0.4, 0.5) is 0 Å². The standard InChI is InChI=1S/C45H27N5/c46-26-29-16-23-44-40(24-29)38-11-3-6-15-43(38)50(44)45-33(28-48)8-7-12-35(45)31-17-18-32(27-47)39(25-31)30-19-21-34(22-20-30)49-41-13-4-1-9-36(41)37-10-2-5-14-42(37)49/h1-21,23-25,34H,22H2. The van der Waals surface area contributed by atoms with Gasteiger partial charge in [0.15, 0.2) is 0 Å². The topological polar surface area (TPSA) is 81.2 Å². The molecule has 8 aromatic rings. The molecule has 0 fully saturated rings. The lowest BCUT2D eigenvalue weighted by Crippen LogP contribution is -2.08. The molecular weight excluding hydrogens is 611 g/mol. The molecule has 0 N–H and O–H groups in total. The number of nitriles is 3. The van der Waals surface area contributed by atoms with Crippen LogP contribution in [0.5, 0.6) is 0 Å². The summed E-state index contributed by atoms with van der Waals surface area (Å²) < 4.78 is 4.55. The first-order valence-electron chi connectivity index (χ1n) is 16.6. The van der Waals surface area contributed by atoms with Crippen molar-refractivity contribution in [1.82, 2.24) is 9.13 Å². The molecule has 5 nitrogen and oxygen atoms in total. The van der Waals surface area contributed by atoms with Crippen molar-refractivity contribution in [3.8, 4) is 35.0 Å². The van der Waals surface area contributed by atoms with E-state index >= 15 is 0 Å². The van der Waals surface area contributed by atoms with Crippen LogP contribution in [0.1, 0.15) is 34.7 Å². The number of hydrogen-bond acceptors (Lipinski definition) is 3. The van der Waals surface area contributed by atoms with E-state index in [0.29, 0.717) is 16.7 Å². The van der Waals surface area contributed by atoms with Gasteiger partial charge in [0.05, 0.1) is 51.6 Å². The highest BCUT2D eigenvalue weighted by molar-refractivity contribution is 6.11. The molecule has 1 aliphatic rings. The lowest BCUT2D eigenvalue weighted by Gasteiger charge is -2.21. The van der Waals surface area contributed by atoms with E-state index < -0.39 is 0 Å². The predicted molar refractivity (Wildman–Crippen MR) is 201 cm³/mol. The maximum Gasteiger partial charge on any atom is 0.101 e. The van der Waals surface area contributed by atoms with Crippen LogP contribution in [0.25, 0.3) is 66.0 Å². The summed E-state index contributed by atoms with van der Waals surface area (Å²) in [5, 5.41) is 34.8. The van der Waals surface area contributed by atoms with Crippen LogP contribution >= 0.6 is 0 Å². The number of aromatic nitrogens is 2. The zero-order valence-corrected chi connectivity index (χ0v) is 26.9. The molecule has 9 rings (SSSR count). The van der Waals surface area contributed by atoms with Crippen molar-refractivity contribution in [3.05, 3.63) is 168 Å². The Hall–Kier alpha value is -7.13. The molecule has 0 spiro atoms. The molecule has 1 unspecified atom stereocenters. The molecule has 2 aromatic heterocycles. The Kier molecular flexibility index (Phi) is 6.70. The Bertz CT molecular complexity index is 2840. The van der Waals surface area contributed by atoms with Crippen LogP contribution in [0, 0.1) is 34.0 Å². The smallest absolute Gasteiger partial charge is 0.101 e. The average Bonchev–Trinajstić information content (AvgIpc) is 3.70. The summed E-state index contributed by atoms with van der Waals surface area (Å²) in [6.45, 7) is 0. The Labute approximate surface area is 288 Å². The molecule has 5 heteroatoms. The van der Waals surface area contributed by atoms with Gasteiger partial charge in [0, 0.05) is 38.1 Å². The fraction of sp³-hybridized carbons (Fsp3) is 0.0444. The van der Waals surface area contributed by atoms with Crippen molar-refractivity contribution in [2.45, 2.75) is 12.5 Å². The minimum Gasteiger partial charge on any atom is -0.333 e. The van der Waals surface area contributed by atoms with Crippen molar-refractivity contribution in [2.75, 3.05) is 0 Å². The normalized spacial score (nSPS) is 14.1. The maximum absolute atomic E-state index is 10.4. The van der Waals surface area contributed by atoms with Crippen molar-refractivity contribution < 1.29 is 0 Å². The van der Waals surface area contributed by atoms with Crippen molar-refractivity contribution in [2.24, 2.45) is 0 Å². The Morgan fingerprint density at radius 2 is 1.20 bits per heavy atom. The first kappa shape index (κ1) is 29.0. The third-order valence-electron chi connectivity index (χ3n) is 9.97. The largest absolute Gasteiger partial charge is 0.333 e. The van der Waals surface area contributed by atoms with E-state index in [-0.39, 0.29) is 6.04 Å². The zero-order chi connectivity index (χ0) is 33.8. The van der Waals surface area contributed by atoms with Crippen LogP contribution in [-0.2, 0) is 0 Å². The van der Waals surface area contributed by atoms with Crippen LogP contribution in [-0.4, -0.2) is 9.13 Å². The monoisotopic (exact) mass is 637 g/mol. The van der Waals surface area contributed by atoms with Gasteiger partial charge in [-0.05, 0) is 77.7 Å². The van der Waals surface area contributed by atoms with Gasteiger partial charge in [0.2, 0.25) is 0 Å². The van der Waals surface area contributed by atoms with Crippen molar-refractivity contribution in [3.63, 3.8) is 0 Å². The third kappa shape index (κ3) is 4.37. The fourth-order valence-corrected chi connectivity index (χ4v) is 7.75. The average molecular weight is 638 g/mol. The van der Waals surface area contributed by atoms with Gasteiger partial charge < -0.3 is 9.13 Å². The Morgan fingerprint density at radius 1 is 0.540 bits per heavy atom. The zero-order valence-electron chi connectivity index (χ0n) is 26.9. The molecule has 0 radical (unpaired) electrons. The molecule has 0 saturated heterocycles. The second-order valence-electron chi connectivity index (χ2n) is 12.6. The Morgan fingerprint density at radius 3 is 1.86 bits per heavy atom. The van der Waals surface area contributed by atoms with Crippen LogP contribution in [0.3, 0.4) is 0 Å². The summed E-state index contributed by atoms with van der Waals surface area (Å²) >= 11 is 0. The van der Waals surface area contributed by atoms with Crippen molar-refractivity contribution >= 4 is 49.2 Å². The summed E-state index contributed by atoms with van der Waals surface area (Å²) in [4.78, 5) is 0. The molecule has 0 bridgehead atoms. The van der Waals surface area contributed by atoms with Gasteiger partial charge in [0.1, 0.15) is 6.07 Å². The number of fused-ring (bicyclic) bond motifs is 6. The highest BCUT2D eigenvalue weighted by atomic mass is 15.0. The van der Waals surface area contributed by atoms with E-state index in [4.69, 9.17) is 0 Å². The maximum atomic E-state index is 10.4. The Balaban J connectivity index is 1.18. The number of rotatable bonds is 4. The highest BCUT2D eigenvalue weighted by Crippen LogP contribution is 2.41. The van der Waals surface area contributed by atoms with Crippen LogP contribution < -0.4 is 0 Å². The minimum absolute atomic E-state index is 0.132. The summed E-state index contributed by atoms with van der Waals surface area (Å²) in [5.74, 6) is 0. The summed E-state index contributed by atoms with van der Waals surface area (Å²) in [6.07, 6.45) is 7.41. The van der Waals surface area contributed by atoms with E-state index in [2.05, 4.69) is 112 Å². The van der Waals surface area contributed by atoms with Gasteiger partial charge in [0.25, 0.3) is 0 Å². The molecular formula is C45H27N5. The van der Waals surface area contributed by atoms with Gasteiger partial charge in [-0.25, -0.2) is 0 Å². The van der Waals surface area contributed by atoms with E-state index in [1.54, 1.807) is 0 Å². The lowest BCUT2D eigenvalue weighted by molar-refractivity contribution is 0.649. The van der Waals surface area contributed by atoms with Crippen LogP contribution in [0.2, 0.25) is 0 Å². The SMILES string of the molecule is N#Cc1ccc2c(c1)c1ccccc1n2-c1c(C#N)cccc1-c1ccc(C#N)c(C2=CCC(n3c4ccccc4c4ccccc43)C=C2)c1. The summed E-state index contributed by atoms with van der Waals surface area (Å²) in [6, 6.07) is 49.9. The first-order chi connectivity index (χ1) is 24.7. The number of nitrogens with zero attached hydrogens (tertiary/aromatic N) is 5. The molecule has 50 heavy (non-hydrogen) atoms. The van der Waals surface area contributed by atoms with Gasteiger partial charge in [-0.2, -0.15) is 15.8 Å². The van der Waals surface area contributed by atoms with Gasteiger partial charge >= 0.3 is 0 Å². The second-order valence-corrected chi connectivity index (χ2v) is 12.6. The molecule has 6 aromatic carbocycles. The van der Waals surface area contributed by atoms with Gasteiger partial charge in [-0.1, -0.05) is 91.0 Å². The van der Waals surface area contributed by atoms with Crippen molar-refractivity contribution in [1.29, 1.82) is 15.8 Å². The number of allylic oxidation sites excluding steroid dienone is 4. The highest BCUT2D eigenvalue weighted by Gasteiger charge is 2.22. The molecule has 232 valence electrons. The molecule has 1 atom stereocenters. The quantitative estimate of drug-likeness (QED) is 0.193. The fourth-order valence-electron chi connectivity index (χ4n) is 7.75. The molecule has 0 aliphatic heterocycles. The predicted octanol–water partition coefficient (Wildman–Crippen LogP) is 10.8. The number of hydrogen-bond donors (Lipinski definition) is 0. The van der Waals surface area contributed by atoms with E-state index in [1.165, 1.54) is 21.8 Å². The third-order valence-corrected chi connectivity index (χ3v) is 9.97. The molecule has 2 heterocycles. The summed E-state index contributed by atoms with van der Waals surface area (Å²) in [5.41, 5.74) is 10.4. The van der Waals surface area contributed by atoms with Gasteiger partial charge in [-0.3, -0.25) is 0 Å². The van der Waals surface area contributed by atoms with E-state index in [1.807, 2.05) is 60.7 Å². The lowest BCUT2D eigenvalue weighted by atomic mass is 9.90. The summed E-state index contributed by atoms with van der Waals surface area (Å²) in [7, 11) is 0. The van der Waals surface area contributed by atoms with Gasteiger partial charge in [-0.15, -0.1) is 0 Å². The van der Waals surface area contributed by atoms with E-state index in [9.17, 15) is 15.8 Å². The molecule has 1 aliphatic carbocycles. The van der Waals surface area contributed by atoms with E-state index in [0.717, 1.165) is 56.2 Å².